The molecule has 0 N–H and O–H groups in total. The maximum absolute atomic E-state index is 12.6. The van der Waals surface area contributed by atoms with E-state index in [-0.39, 0.29) is 11.3 Å². The third-order valence-corrected chi connectivity index (χ3v) is 6.69. The predicted octanol–water partition coefficient (Wildman–Crippen LogP) is 1.81. The lowest BCUT2D eigenvalue weighted by atomic mass is 10.2. The second kappa shape index (κ2) is 5.65. The average Bonchev–Trinajstić information content (AvgIpc) is 3.32. The van der Waals surface area contributed by atoms with Gasteiger partial charge < -0.3 is 9.30 Å². The fourth-order valence-corrected chi connectivity index (χ4v) is 4.85. The minimum atomic E-state index is -3.18. The van der Waals surface area contributed by atoms with Gasteiger partial charge in [0.15, 0.2) is 0 Å². The molecular formula is C16H19N3O3S. The van der Waals surface area contributed by atoms with Crippen LogP contribution in [0.3, 0.4) is 0 Å². The van der Waals surface area contributed by atoms with Crippen molar-refractivity contribution in [3.05, 3.63) is 48.4 Å². The number of sulfonamides is 1. The lowest BCUT2D eigenvalue weighted by Gasteiger charge is -2.34. The molecule has 4 rings (SSSR count). The van der Waals surface area contributed by atoms with Crippen LogP contribution in [-0.4, -0.2) is 40.7 Å². The Labute approximate surface area is 135 Å². The first-order valence-corrected chi connectivity index (χ1v) is 9.33. The van der Waals surface area contributed by atoms with Gasteiger partial charge in [-0.05, 0) is 31.0 Å². The van der Waals surface area contributed by atoms with Crippen LogP contribution in [-0.2, 0) is 16.6 Å². The second-order valence-corrected chi connectivity index (χ2v) is 8.29. The van der Waals surface area contributed by atoms with Gasteiger partial charge in [-0.1, -0.05) is 6.07 Å². The Morgan fingerprint density at radius 1 is 1.22 bits per heavy atom. The highest BCUT2D eigenvalue weighted by atomic mass is 32.2. The van der Waals surface area contributed by atoms with Gasteiger partial charge in [-0.15, -0.1) is 0 Å². The van der Waals surface area contributed by atoms with Crippen LogP contribution in [0.15, 0.2) is 42.7 Å². The Morgan fingerprint density at radius 2 is 2.09 bits per heavy atom. The number of nitrogens with zero attached hydrogens (tertiary/aromatic N) is 3. The number of rotatable bonds is 5. The molecule has 0 aromatic carbocycles. The SMILES string of the molecule is O=S(=O)(C1CC1)N1Cc2cccn2C(COc2ccccn2)C1. The molecule has 2 aromatic rings. The van der Waals surface area contributed by atoms with E-state index in [0.717, 1.165) is 18.5 Å². The predicted molar refractivity (Wildman–Crippen MR) is 85.6 cm³/mol. The van der Waals surface area contributed by atoms with Crippen molar-refractivity contribution in [2.45, 2.75) is 30.7 Å². The minimum Gasteiger partial charge on any atom is -0.475 e. The highest BCUT2D eigenvalue weighted by Crippen LogP contribution is 2.34. The molecule has 23 heavy (non-hydrogen) atoms. The van der Waals surface area contributed by atoms with Crippen molar-refractivity contribution in [1.82, 2.24) is 13.9 Å². The van der Waals surface area contributed by atoms with Gasteiger partial charge in [-0.25, -0.2) is 13.4 Å². The molecule has 0 bridgehead atoms. The smallest absolute Gasteiger partial charge is 0.217 e. The molecule has 2 aromatic heterocycles. The van der Waals surface area contributed by atoms with E-state index in [9.17, 15) is 8.42 Å². The van der Waals surface area contributed by atoms with E-state index in [2.05, 4.69) is 9.55 Å². The average molecular weight is 333 g/mol. The summed E-state index contributed by atoms with van der Waals surface area (Å²) in [6.45, 7) is 1.30. The van der Waals surface area contributed by atoms with E-state index in [4.69, 9.17) is 4.74 Å². The van der Waals surface area contributed by atoms with Gasteiger partial charge >= 0.3 is 0 Å². The topological polar surface area (TPSA) is 64.4 Å². The van der Waals surface area contributed by atoms with Crippen molar-refractivity contribution in [3.8, 4) is 5.88 Å². The van der Waals surface area contributed by atoms with Gasteiger partial charge in [0, 0.05) is 30.7 Å². The molecule has 122 valence electrons. The van der Waals surface area contributed by atoms with E-state index in [1.807, 2.05) is 30.5 Å². The highest BCUT2D eigenvalue weighted by Gasteiger charge is 2.42. The molecule has 6 nitrogen and oxygen atoms in total. The molecule has 1 aliphatic heterocycles. The van der Waals surface area contributed by atoms with Crippen molar-refractivity contribution >= 4 is 10.0 Å². The molecule has 2 aliphatic rings. The quantitative estimate of drug-likeness (QED) is 0.837. The van der Waals surface area contributed by atoms with Crippen LogP contribution in [0.1, 0.15) is 24.6 Å². The molecule has 0 amide bonds. The summed E-state index contributed by atoms with van der Waals surface area (Å²) in [4.78, 5) is 4.15. The van der Waals surface area contributed by atoms with Crippen LogP contribution in [0.5, 0.6) is 5.88 Å². The van der Waals surface area contributed by atoms with E-state index < -0.39 is 10.0 Å². The standard InChI is InChI=1S/C16H19N3O3S/c20-23(21,15-6-7-15)18-10-13-4-3-9-19(13)14(11-18)12-22-16-5-1-2-8-17-16/h1-5,8-9,14-15H,6-7,10-12H2. The van der Waals surface area contributed by atoms with E-state index >= 15 is 0 Å². The third kappa shape index (κ3) is 2.86. The maximum Gasteiger partial charge on any atom is 0.217 e. The number of hydrogen-bond acceptors (Lipinski definition) is 4. The van der Waals surface area contributed by atoms with Crippen molar-refractivity contribution in [2.24, 2.45) is 0 Å². The van der Waals surface area contributed by atoms with Gasteiger partial charge in [-0.3, -0.25) is 0 Å². The second-order valence-electron chi connectivity index (χ2n) is 6.08. The Morgan fingerprint density at radius 3 is 2.83 bits per heavy atom. The Hall–Kier alpha value is -1.86. The fraction of sp³-hybridized carbons (Fsp3) is 0.438. The lowest BCUT2D eigenvalue weighted by molar-refractivity contribution is 0.190. The van der Waals surface area contributed by atoms with Crippen molar-refractivity contribution in [2.75, 3.05) is 13.2 Å². The van der Waals surface area contributed by atoms with Crippen LogP contribution in [0.25, 0.3) is 0 Å². The molecule has 0 radical (unpaired) electrons. The third-order valence-electron chi connectivity index (χ3n) is 4.38. The monoisotopic (exact) mass is 333 g/mol. The largest absolute Gasteiger partial charge is 0.475 e. The molecule has 1 aliphatic carbocycles. The zero-order valence-corrected chi connectivity index (χ0v) is 13.5. The highest BCUT2D eigenvalue weighted by molar-refractivity contribution is 7.90. The molecule has 1 atom stereocenters. The maximum atomic E-state index is 12.6. The molecule has 1 fully saturated rings. The van der Waals surface area contributed by atoms with Crippen LogP contribution >= 0.6 is 0 Å². The fourth-order valence-electron chi connectivity index (χ4n) is 3.01. The zero-order valence-electron chi connectivity index (χ0n) is 12.7. The van der Waals surface area contributed by atoms with Gasteiger partial charge in [0.05, 0.1) is 17.8 Å². The molecule has 1 saturated carbocycles. The van der Waals surface area contributed by atoms with Crippen LogP contribution in [0.4, 0.5) is 0 Å². The van der Waals surface area contributed by atoms with Gasteiger partial charge in [0.1, 0.15) is 6.61 Å². The van der Waals surface area contributed by atoms with Gasteiger partial charge in [0.2, 0.25) is 15.9 Å². The zero-order chi connectivity index (χ0) is 15.9. The normalized spacial score (nSPS) is 21.8. The Balaban J connectivity index is 1.54. The van der Waals surface area contributed by atoms with Crippen molar-refractivity contribution in [3.63, 3.8) is 0 Å². The summed E-state index contributed by atoms with van der Waals surface area (Å²) in [7, 11) is -3.18. The number of aromatic nitrogens is 2. The number of ether oxygens (including phenoxy) is 1. The number of fused-ring (bicyclic) bond motifs is 1. The molecule has 7 heteroatoms. The summed E-state index contributed by atoms with van der Waals surface area (Å²) in [5.41, 5.74) is 1.01. The summed E-state index contributed by atoms with van der Waals surface area (Å²) < 4.78 is 34.6. The molecule has 3 heterocycles. The first-order valence-electron chi connectivity index (χ1n) is 7.83. The molecule has 1 unspecified atom stereocenters. The first-order chi connectivity index (χ1) is 11.1. The Bertz CT molecular complexity index is 784. The minimum absolute atomic E-state index is 0.0377. The summed E-state index contributed by atoms with van der Waals surface area (Å²) in [6, 6.07) is 9.40. The van der Waals surface area contributed by atoms with Crippen molar-refractivity contribution < 1.29 is 13.2 Å². The van der Waals surface area contributed by atoms with Gasteiger partial charge in [-0.2, -0.15) is 4.31 Å². The summed E-state index contributed by atoms with van der Waals surface area (Å²) in [6.07, 6.45) is 5.24. The number of pyridine rings is 1. The number of hydrogen-bond donors (Lipinski definition) is 0. The summed E-state index contributed by atoms with van der Waals surface area (Å²) in [5.74, 6) is 0.559. The summed E-state index contributed by atoms with van der Waals surface area (Å²) >= 11 is 0. The first kappa shape index (κ1) is 14.7. The van der Waals surface area contributed by atoms with Crippen LogP contribution in [0, 0.1) is 0 Å². The van der Waals surface area contributed by atoms with E-state index in [1.54, 1.807) is 16.6 Å². The lowest BCUT2D eigenvalue weighted by Crippen LogP contribution is -2.43. The molecule has 0 saturated heterocycles. The summed E-state index contributed by atoms with van der Waals surface area (Å²) in [5, 5.41) is -0.179. The van der Waals surface area contributed by atoms with Gasteiger partial charge in [0.25, 0.3) is 0 Å². The Kier molecular flexibility index (Phi) is 3.61. The van der Waals surface area contributed by atoms with Crippen LogP contribution < -0.4 is 4.74 Å². The van der Waals surface area contributed by atoms with Crippen LogP contribution in [0.2, 0.25) is 0 Å². The van der Waals surface area contributed by atoms with Crippen molar-refractivity contribution in [1.29, 1.82) is 0 Å². The molecular weight excluding hydrogens is 314 g/mol. The molecule has 0 spiro atoms. The van der Waals surface area contributed by atoms with E-state index in [1.165, 1.54) is 0 Å². The van der Waals surface area contributed by atoms with E-state index in [0.29, 0.717) is 25.6 Å².